The van der Waals surface area contributed by atoms with Gasteiger partial charge in [-0.25, -0.2) is 0 Å². The van der Waals surface area contributed by atoms with Gasteiger partial charge in [-0.1, -0.05) is 150 Å². The molecule has 2 spiro atoms. The van der Waals surface area contributed by atoms with Crippen molar-refractivity contribution in [3.05, 3.63) is 135 Å². The van der Waals surface area contributed by atoms with Crippen molar-refractivity contribution in [2.24, 2.45) is 74.4 Å². The second-order valence-electron chi connectivity index (χ2n) is 28.1. The number of carboxylic acids is 1. The van der Waals surface area contributed by atoms with Gasteiger partial charge in [0.2, 0.25) is 0 Å². The lowest BCUT2D eigenvalue weighted by molar-refractivity contribution is -0.160. The van der Waals surface area contributed by atoms with Gasteiger partial charge in [-0.3, -0.25) is 4.79 Å². The summed E-state index contributed by atoms with van der Waals surface area (Å²) < 4.78 is 5.61. The van der Waals surface area contributed by atoms with E-state index in [4.69, 9.17) is 11.3 Å². The van der Waals surface area contributed by atoms with Gasteiger partial charge in [-0.2, -0.15) is 0 Å². The highest BCUT2D eigenvalue weighted by Gasteiger charge is 2.74. The Balaban J connectivity index is 1.05. The van der Waals surface area contributed by atoms with Crippen LogP contribution in [0.1, 0.15) is 167 Å². The first-order valence-electron chi connectivity index (χ1n) is 31.3. The van der Waals surface area contributed by atoms with Gasteiger partial charge in [0.25, 0.3) is 0 Å². The Kier molecular flexibility index (Phi) is 14.5. The van der Waals surface area contributed by atoms with E-state index in [9.17, 15) is 20.1 Å². The number of dihydropyridines is 1. The summed E-state index contributed by atoms with van der Waals surface area (Å²) in [6.45, 7) is 19.3. The minimum atomic E-state index is -0.759. The molecule has 3 saturated carbocycles. The van der Waals surface area contributed by atoms with Crippen LogP contribution in [-0.2, 0) is 22.4 Å². The van der Waals surface area contributed by atoms with E-state index in [-0.39, 0.29) is 34.0 Å². The Morgan fingerprint density at radius 3 is 2.51 bits per heavy atom. The molecule has 0 radical (unpaired) electrons. The second kappa shape index (κ2) is 20.8. The molecule has 7 nitrogen and oxygen atoms in total. The van der Waals surface area contributed by atoms with Crippen LogP contribution in [-0.4, -0.2) is 60.3 Å². The number of aliphatic hydroxyl groups is 2. The molecule has 0 aromatic heterocycles. The van der Waals surface area contributed by atoms with Crippen LogP contribution in [0, 0.1) is 74.4 Å². The third-order valence-corrected chi connectivity index (χ3v) is 24.0. The van der Waals surface area contributed by atoms with Gasteiger partial charge < -0.3 is 30.7 Å². The van der Waals surface area contributed by atoms with Gasteiger partial charge >= 0.3 is 5.97 Å². The number of carbonyl (C=O) groups is 1. The van der Waals surface area contributed by atoms with Crippen molar-refractivity contribution in [1.82, 2.24) is 10.6 Å². The average Bonchev–Trinajstić information content (AvgIpc) is 3.08. The van der Waals surface area contributed by atoms with Gasteiger partial charge in [-0.15, -0.1) is 0 Å². The lowest BCUT2D eigenvalue weighted by Gasteiger charge is -2.72. The van der Waals surface area contributed by atoms with E-state index in [1.165, 1.54) is 87.1 Å². The third kappa shape index (κ3) is 8.69. The Morgan fingerprint density at radius 2 is 1.74 bits per heavy atom. The van der Waals surface area contributed by atoms with Crippen LogP contribution in [0.25, 0.3) is 17.2 Å². The van der Waals surface area contributed by atoms with E-state index in [1.54, 1.807) is 5.57 Å². The zero-order valence-corrected chi connectivity index (χ0v) is 48.4. The van der Waals surface area contributed by atoms with Crippen molar-refractivity contribution in [3.63, 3.8) is 0 Å². The second-order valence-corrected chi connectivity index (χ2v) is 28.1. The number of fused-ring (bicyclic) bond motifs is 1. The topological polar surface area (TPSA) is 111 Å². The molecule has 14 aliphatic rings. The van der Waals surface area contributed by atoms with E-state index in [2.05, 4.69) is 124 Å². The summed E-state index contributed by atoms with van der Waals surface area (Å²) >= 11 is 0. The molecule has 6 aliphatic heterocycles. The van der Waals surface area contributed by atoms with Crippen LogP contribution in [0.2, 0.25) is 0 Å². The number of allylic oxidation sites excluding steroid dienone is 9. The number of ether oxygens (including phenoxy) is 1. The first-order chi connectivity index (χ1) is 37.5. The summed E-state index contributed by atoms with van der Waals surface area (Å²) in [4.78, 5) is 14.0. The summed E-state index contributed by atoms with van der Waals surface area (Å²) in [7, 11) is 1.82. The fraction of sp³-hybridized carbons (Fsp3) is 0.620. The smallest absolute Gasteiger partial charge is 0.306 e. The maximum atomic E-state index is 14.0. The molecule has 13 atom stereocenters. The van der Waals surface area contributed by atoms with Crippen LogP contribution in [0.3, 0.4) is 0 Å². The van der Waals surface area contributed by atoms with Crippen molar-refractivity contribution in [1.29, 1.82) is 0 Å². The molecule has 8 aliphatic carbocycles. The molecule has 7 heteroatoms. The lowest BCUT2D eigenvalue weighted by atomic mass is 9.31. The highest BCUT2D eigenvalue weighted by molar-refractivity contribution is 5.78. The standard InChI is InChI=1S/C71H94N2O5/c1-44(2)48(21-14-35-78-7)38-50-20-12-22-53-55(50)39-59-57-40-70-31-15-30-67(4)62(75)29-33-71(59,66(67)70)58-28-32-68(5)64(61(74)42-69(68,6)60(58)41-70)54(65(76)77)26-24-45(3)52(47-17-9-8-10-18-47)23-13-34-72-63-27-25-51(43-73-63)49-19-11-16-46(36-49)37-56(53)57/h11-12,15-16,19-20,22,25,27,31,36,39-40,44,47-48,52,54,59,61-62,64,66,72-75H,3,8-10,13-14,17-18,21,23-24,26,28-30,32-35,37-38,41-43H2,1-2,4-7H3,(H,76,77). The van der Waals surface area contributed by atoms with E-state index in [0.29, 0.717) is 42.9 Å². The van der Waals surface area contributed by atoms with Crippen molar-refractivity contribution in [2.45, 2.75) is 175 Å². The Labute approximate surface area is 467 Å². The molecular weight excluding hydrogens is 961 g/mol. The summed E-state index contributed by atoms with van der Waals surface area (Å²) in [6, 6.07) is 16.6. The fourth-order valence-corrected chi connectivity index (χ4v) is 20.1. The van der Waals surface area contributed by atoms with Crippen LogP contribution >= 0.6 is 0 Å². The van der Waals surface area contributed by atoms with Gasteiger partial charge in [0.15, 0.2) is 0 Å². The predicted octanol–water partition coefficient (Wildman–Crippen LogP) is 12.7. The highest BCUT2D eigenvalue weighted by atomic mass is 16.5. The molecule has 6 heterocycles. The molecule has 2 aromatic carbocycles. The molecule has 3 fully saturated rings. The maximum Gasteiger partial charge on any atom is 0.306 e. The zero-order chi connectivity index (χ0) is 54.4. The van der Waals surface area contributed by atoms with Crippen LogP contribution < -0.4 is 21.1 Å². The van der Waals surface area contributed by atoms with Gasteiger partial charge in [-0.05, 0) is 199 Å². The van der Waals surface area contributed by atoms with E-state index < -0.39 is 34.9 Å². The normalized spacial score (nSPS) is 37.7. The minimum Gasteiger partial charge on any atom is -0.481 e. The number of hydrogen-bond acceptors (Lipinski definition) is 6. The number of hydrogen-bond donors (Lipinski definition) is 5. The Morgan fingerprint density at radius 1 is 0.923 bits per heavy atom. The summed E-state index contributed by atoms with van der Waals surface area (Å²) in [5, 5.41) is 47.2. The highest BCUT2D eigenvalue weighted by Crippen LogP contribution is 2.80. The molecule has 0 saturated heterocycles. The molecule has 418 valence electrons. The number of benzene rings is 2. The average molecular weight is 1060 g/mol. The van der Waals surface area contributed by atoms with Gasteiger partial charge in [0.05, 0.1) is 23.9 Å². The lowest BCUT2D eigenvalue weighted by Crippen LogP contribution is -2.67. The van der Waals surface area contributed by atoms with Crippen LogP contribution in [0.4, 0.5) is 0 Å². The molecule has 14 bridgehead atoms. The number of methoxy groups -OCH3 is 1. The number of aliphatic hydroxyl groups excluding tert-OH is 2. The largest absolute Gasteiger partial charge is 0.481 e. The molecule has 13 unspecified atom stereocenters. The quantitative estimate of drug-likeness (QED) is 0.126. The van der Waals surface area contributed by atoms with Gasteiger partial charge in [0.1, 0.15) is 0 Å². The first kappa shape index (κ1) is 54.2. The van der Waals surface area contributed by atoms with E-state index >= 15 is 0 Å². The molecule has 78 heavy (non-hydrogen) atoms. The number of aliphatic carboxylic acids is 1. The predicted molar refractivity (Wildman–Crippen MR) is 316 cm³/mol. The van der Waals surface area contributed by atoms with E-state index in [0.717, 1.165) is 103 Å². The zero-order valence-electron chi connectivity index (χ0n) is 48.4. The fourth-order valence-electron chi connectivity index (χ4n) is 20.1. The molecule has 16 rings (SSSR count). The molecular formula is C71H94N2O5. The Hall–Kier alpha value is -4.43. The summed E-state index contributed by atoms with van der Waals surface area (Å²) in [5.41, 5.74) is 10.9. The summed E-state index contributed by atoms with van der Waals surface area (Å²) in [5.74, 6) is 1.58. The Bertz CT molecular complexity index is 2990. The molecule has 2 aromatic rings. The van der Waals surface area contributed by atoms with E-state index in [1.807, 2.05) is 7.11 Å². The number of carboxylic acid groups (broad SMARTS) is 1. The SMILES string of the molecule is C=C1CCC(C(=O)O)C2C(O)CC3(C)C4=C(CCC23C)C23CCC(O)C5(C)CC=CC(C=C6C(=c7cccc(CC(CCCOC)C(C)C)c7=CC62)Cc2cccc(c2)C2=CC=C(NCCCC1C1CCCCC1)NC2)(C4)C53. The first-order valence-corrected chi connectivity index (χ1v) is 31.3. The number of nitrogens with one attached hydrogen (secondary N) is 2. The van der Waals surface area contributed by atoms with Crippen molar-refractivity contribution >= 4 is 23.2 Å². The minimum absolute atomic E-state index is 0.0990. The van der Waals surface area contributed by atoms with Gasteiger partial charge in [0, 0.05) is 54.9 Å². The summed E-state index contributed by atoms with van der Waals surface area (Å²) in [6.07, 6.45) is 33.3. The maximum absolute atomic E-state index is 14.0. The molecule has 0 amide bonds. The van der Waals surface area contributed by atoms with Crippen LogP contribution in [0.5, 0.6) is 0 Å². The van der Waals surface area contributed by atoms with Crippen LogP contribution in [0.15, 0.2) is 108 Å². The van der Waals surface area contributed by atoms with Crippen molar-refractivity contribution < 1.29 is 24.9 Å². The number of rotatable bonds is 9. The monoisotopic (exact) mass is 1050 g/mol. The van der Waals surface area contributed by atoms with Crippen molar-refractivity contribution in [3.8, 4) is 0 Å². The molecule has 5 N–H and O–H groups in total. The van der Waals surface area contributed by atoms with Crippen molar-refractivity contribution in [2.75, 3.05) is 26.8 Å². The third-order valence-electron chi connectivity index (χ3n) is 24.0.